The Balaban J connectivity index is 1.90. The van der Waals surface area contributed by atoms with E-state index < -0.39 is 0 Å². The number of methoxy groups -OCH3 is 1. The van der Waals surface area contributed by atoms with Crippen molar-refractivity contribution in [1.82, 2.24) is 0 Å². The van der Waals surface area contributed by atoms with Gasteiger partial charge in [-0.15, -0.1) is 0 Å². The fourth-order valence-corrected chi connectivity index (χ4v) is 2.88. The average molecular weight is 274 g/mol. The van der Waals surface area contributed by atoms with Crippen molar-refractivity contribution >= 4 is 17.3 Å². The monoisotopic (exact) mass is 273 g/mol. The maximum Gasteiger partial charge on any atom is 0.119 e. The number of hydrogen-bond donors (Lipinski definition) is 1. The minimum atomic E-state index is 0.319. The summed E-state index contributed by atoms with van der Waals surface area (Å²) in [7, 11) is 1.69. The molecule has 1 heterocycles. The van der Waals surface area contributed by atoms with E-state index in [4.69, 9.17) is 16.3 Å². The third-order valence-electron chi connectivity index (χ3n) is 3.67. The van der Waals surface area contributed by atoms with Crippen molar-refractivity contribution in [2.24, 2.45) is 0 Å². The molecule has 0 fully saturated rings. The van der Waals surface area contributed by atoms with Gasteiger partial charge in [0.2, 0.25) is 0 Å². The van der Waals surface area contributed by atoms with Crippen LogP contribution in [0, 0.1) is 6.92 Å². The van der Waals surface area contributed by atoms with Crippen molar-refractivity contribution in [3.05, 3.63) is 58.1 Å². The third kappa shape index (κ3) is 2.28. The van der Waals surface area contributed by atoms with Crippen LogP contribution in [0.25, 0.3) is 0 Å². The summed E-state index contributed by atoms with van der Waals surface area (Å²) in [4.78, 5) is 0. The van der Waals surface area contributed by atoms with E-state index in [1.807, 2.05) is 18.2 Å². The predicted octanol–water partition coefficient (Wildman–Crippen LogP) is 4.37. The fourth-order valence-electron chi connectivity index (χ4n) is 2.68. The molecule has 0 aliphatic carbocycles. The van der Waals surface area contributed by atoms with E-state index in [-0.39, 0.29) is 0 Å². The highest BCUT2D eigenvalue weighted by Gasteiger charge is 2.23. The summed E-state index contributed by atoms with van der Waals surface area (Å²) in [5, 5.41) is 4.36. The molecular formula is C16H16ClNO. The molecule has 1 unspecified atom stereocenters. The zero-order valence-electron chi connectivity index (χ0n) is 11.0. The summed E-state index contributed by atoms with van der Waals surface area (Å²) in [5.41, 5.74) is 5.03. The molecule has 0 saturated carbocycles. The molecule has 0 radical (unpaired) electrons. The first-order chi connectivity index (χ1) is 9.17. The van der Waals surface area contributed by atoms with Gasteiger partial charge in [-0.1, -0.05) is 17.7 Å². The molecule has 1 aliphatic rings. The summed E-state index contributed by atoms with van der Waals surface area (Å²) < 4.78 is 5.25. The molecule has 2 aromatic rings. The molecule has 1 atom stereocenters. The predicted molar refractivity (Wildman–Crippen MR) is 79.3 cm³/mol. The maximum atomic E-state index is 6.04. The number of halogens is 1. The van der Waals surface area contributed by atoms with Crippen molar-refractivity contribution in [3.8, 4) is 5.75 Å². The van der Waals surface area contributed by atoms with Gasteiger partial charge in [0.25, 0.3) is 0 Å². The first-order valence-corrected chi connectivity index (χ1v) is 6.74. The van der Waals surface area contributed by atoms with Gasteiger partial charge >= 0.3 is 0 Å². The van der Waals surface area contributed by atoms with Gasteiger partial charge in [0, 0.05) is 10.7 Å². The van der Waals surface area contributed by atoms with Crippen molar-refractivity contribution in [2.75, 3.05) is 12.4 Å². The Morgan fingerprint density at radius 1 is 1.21 bits per heavy atom. The fraction of sp³-hybridized carbons (Fsp3) is 0.250. The van der Waals surface area contributed by atoms with Gasteiger partial charge in [-0.25, -0.2) is 0 Å². The number of ether oxygens (including phenoxy) is 1. The highest BCUT2D eigenvalue weighted by Crippen LogP contribution is 2.37. The second kappa shape index (κ2) is 4.78. The minimum absolute atomic E-state index is 0.319. The quantitative estimate of drug-likeness (QED) is 0.877. The summed E-state index contributed by atoms with van der Waals surface area (Å²) in [6.07, 6.45) is 0.975. The van der Waals surface area contributed by atoms with E-state index in [2.05, 4.69) is 30.4 Å². The number of nitrogens with one attached hydrogen (secondary N) is 1. The number of hydrogen-bond acceptors (Lipinski definition) is 2. The molecule has 0 aromatic heterocycles. The lowest BCUT2D eigenvalue weighted by atomic mass is 9.98. The largest absolute Gasteiger partial charge is 0.497 e. The molecule has 0 amide bonds. The Morgan fingerprint density at radius 2 is 2.05 bits per heavy atom. The highest BCUT2D eigenvalue weighted by molar-refractivity contribution is 6.30. The summed E-state index contributed by atoms with van der Waals surface area (Å²) in [6.45, 7) is 2.12. The molecule has 98 valence electrons. The first kappa shape index (κ1) is 12.4. The van der Waals surface area contributed by atoms with E-state index in [1.54, 1.807) is 7.11 Å². The van der Waals surface area contributed by atoms with Gasteiger partial charge in [0.05, 0.1) is 13.2 Å². The lowest BCUT2D eigenvalue weighted by Crippen LogP contribution is -2.07. The lowest BCUT2D eigenvalue weighted by molar-refractivity contribution is 0.414. The Kier molecular flexibility index (Phi) is 3.11. The second-order valence-electron chi connectivity index (χ2n) is 4.93. The maximum absolute atomic E-state index is 6.04. The van der Waals surface area contributed by atoms with Crippen LogP contribution in [0.3, 0.4) is 0 Å². The normalized spacial score (nSPS) is 16.9. The van der Waals surface area contributed by atoms with Gasteiger partial charge in [0.15, 0.2) is 0 Å². The van der Waals surface area contributed by atoms with Crippen LogP contribution >= 0.6 is 11.6 Å². The highest BCUT2D eigenvalue weighted by atomic mass is 35.5. The number of fused-ring (bicyclic) bond motifs is 1. The number of aryl methyl sites for hydroxylation is 1. The molecule has 2 aromatic carbocycles. The zero-order chi connectivity index (χ0) is 13.4. The molecule has 3 heteroatoms. The van der Waals surface area contributed by atoms with E-state index in [0.717, 1.165) is 17.2 Å². The lowest BCUT2D eigenvalue weighted by Gasteiger charge is -2.15. The molecule has 1 N–H and O–H groups in total. The van der Waals surface area contributed by atoms with Gasteiger partial charge < -0.3 is 10.1 Å². The molecule has 1 aliphatic heterocycles. The SMILES string of the molecule is COc1ccc(C2Cc3cc(Cl)ccc3N2)c(C)c1. The summed E-state index contributed by atoms with van der Waals surface area (Å²) in [6, 6.07) is 12.6. The van der Waals surface area contributed by atoms with Gasteiger partial charge in [-0.2, -0.15) is 0 Å². The van der Waals surface area contributed by atoms with Crippen LogP contribution < -0.4 is 10.1 Å². The van der Waals surface area contributed by atoms with E-state index >= 15 is 0 Å². The van der Waals surface area contributed by atoms with Crippen LogP contribution in [0.2, 0.25) is 5.02 Å². The van der Waals surface area contributed by atoms with Crippen LogP contribution in [0.15, 0.2) is 36.4 Å². The Hall–Kier alpha value is -1.67. The Morgan fingerprint density at radius 3 is 2.79 bits per heavy atom. The van der Waals surface area contributed by atoms with Crippen LogP contribution in [-0.4, -0.2) is 7.11 Å². The van der Waals surface area contributed by atoms with E-state index in [1.165, 1.54) is 22.4 Å². The average Bonchev–Trinajstić information content (AvgIpc) is 2.81. The third-order valence-corrected chi connectivity index (χ3v) is 3.91. The van der Waals surface area contributed by atoms with E-state index in [9.17, 15) is 0 Å². The first-order valence-electron chi connectivity index (χ1n) is 6.37. The topological polar surface area (TPSA) is 21.3 Å². The second-order valence-corrected chi connectivity index (χ2v) is 5.36. The van der Waals surface area contributed by atoms with E-state index in [0.29, 0.717) is 6.04 Å². The number of rotatable bonds is 2. The van der Waals surface area contributed by atoms with Crippen molar-refractivity contribution in [3.63, 3.8) is 0 Å². The van der Waals surface area contributed by atoms with Gasteiger partial charge in [-0.05, 0) is 60.4 Å². The summed E-state index contributed by atoms with van der Waals surface area (Å²) >= 11 is 6.04. The molecule has 3 rings (SSSR count). The smallest absolute Gasteiger partial charge is 0.119 e. The summed E-state index contributed by atoms with van der Waals surface area (Å²) in [5.74, 6) is 0.903. The number of benzene rings is 2. The van der Waals surface area contributed by atoms with Crippen molar-refractivity contribution < 1.29 is 4.74 Å². The zero-order valence-corrected chi connectivity index (χ0v) is 11.8. The molecule has 0 spiro atoms. The number of anilines is 1. The standard InChI is InChI=1S/C16H16ClNO/c1-10-7-13(19-2)4-5-14(10)16-9-11-8-12(17)3-6-15(11)18-16/h3-8,16,18H,9H2,1-2H3. The van der Waals surface area contributed by atoms with Crippen molar-refractivity contribution in [2.45, 2.75) is 19.4 Å². The minimum Gasteiger partial charge on any atom is -0.497 e. The van der Waals surface area contributed by atoms with Crippen LogP contribution in [-0.2, 0) is 6.42 Å². The molecular weight excluding hydrogens is 258 g/mol. The Bertz CT molecular complexity index is 624. The molecule has 0 bridgehead atoms. The van der Waals surface area contributed by atoms with Crippen LogP contribution in [0.4, 0.5) is 5.69 Å². The molecule has 0 saturated heterocycles. The van der Waals surface area contributed by atoms with Gasteiger partial charge in [0.1, 0.15) is 5.75 Å². The van der Waals surface area contributed by atoms with Crippen LogP contribution in [0.5, 0.6) is 5.75 Å². The van der Waals surface area contributed by atoms with Gasteiger partial charge in [-0.3, -0.25) is 0 Å². The van der Waals surface area contributed by atoms with Crippen LogP contribution in [0.1, 0.15) is 22.7 Å². The Labute approximate surface area is 118 Å². The molecule has 2 nitrogen and oxygen atoms in total. The molecule has 19 heavy (non-hydrogen) atoms. The van der Waals surface area contributed by atoms with Crippen molar-refractivity contribution in [1.29, 1.82) is 0 Å².